The van der Waals surface area contributed by atoms with Crippen molar-refractivity contribution >= 4 is 44.8 Å². The first-order valence-electron chi connectivity index (χ1n) is 12.8. The summed E-state index contributed by atoms with van der Waals surface area (Å²) in [7, 11) is -2.03. The first kappa shape index (κ1) is 27.8. The number of amides is 1. The number of piperazine rings is 1. The number of hydrogen-bond acceptors (Lipinski definition) is 6. The number of halogens is 1. The lowest BCUT2D eigenvalue weighted by Crippen LogP contribution is -2.47. The number of likely N-dealkylation sites (N-methyl/N-ethyl adjacent to an activating group) is 1. The lowest BCUT2D eigenvalue weighted by atomic mass is 10.0. The number of thiophene rings is 1. The molecule has 3 aromatic rings. The van der Waals surface area contributed by atoms with Crippen molar-refractivity contribution in [1.82, 2.24) is 14.5 Å². The summed E-state index contributed by atoms with van der Waals surface area (Å²) in [5.74, 6) is -1.60. The van der Waals surface area contributed by atoms with Crippen LogP contribution in [0.25, 0.3) is 10.4 Å². The van der Waals surface area contributed by atoms with Crippen molar-refractivity contribution in [2.45, 2.75) is 34.9 Å². The quantitative estimate of drug-likeness (QED) is 0.391. The van der Waals surface area contributed by atoms with Gasteiger partial charge in [0.05, 0.1) is 0 Å². The average molecular weight is 588 g/mol. The van der Waals surface area contributed by atoms with E-state index in [1.54, 1.807) is 30.3 Å². The van der Waals surface area contributed by atoms with Crippen molar-refractivity contribution in [3.8, 4) is 10.4 Å². The highest BCUT2D eigenvalue weighted by Gasteiger charge is 2.63. The molecule has 39 heavy (non-hydrogen) atoms. The molecule has 1 amide bonds. The predicted octanol–water partition coefficient (Wildman–Crippen LogP) is 4.06. The number of benzene rings is 2. The van der Waals surface area contributed by atoms with Crippen molar-refractivity contribution in [2.75, 3.05) is 33.2 Å². The zero-order chi connectivity index (χ0) is 27.8. The Morgan fingerprint density at radius 2 is 1.79 bits per heavy atom. The summed E-state index contributed by atoms with van der Waals surface area (Å²) >= 11 is 7.03. The normalized spacial score (nSPS) is 21.6. The third-order valence-corrected chi connectivity index (χ3v) is 10.9. The van der Waals surface area contributed by atoms with Crippen molar-refractivity contribution in [3.63, 3.8) is 0 Å². The molecule has 2 aromatic carbocycles. The van der Waals surface area contributed by atoms with E-state index in [-0.39, 0.29) is 16.5 Å². The third-order valence-electron chi connectivity index (χ3n) is 7.47. The standard InChI is InChI=1S/C28H30ClN3O5S2/c1-31-13-15-32(16-14-31)25(33)11-5-19-3-2-4-21(17-19)23-18-28(23,27(34)35)30-39(36,37)26-12-10-24(38-26)20-6-8-22(29)9-7-20/h2-4,6-10,12,17,23,30H,5,11,13-16,18H2,1H3,(H,34,35)/t23-,28+/m0/s1. The second-order valence-electron chi connectivity index (χ2n) is 10.2. The highest BCUT2D eigenvalue weighted by atomic mass is 35.5. The van der Waals surface area contributed by atoms with Gasteiger partial charge >= 0.3 is 5.97 Å². The van der Waals surface area contributed by atoms with Gasteiger partial charge in [-0.2, -0.15) is 4.72 Å². The number of carboxylic acids is 1. The van der Waals surface area contributed by atoms with E-state index in [2.05, 4.69) is 9.62 Å². The van der Waals surface area contributed by atoms with Gasteiger partial charge in [0.25, 0.3) is 10.0 Å². The van der Waals surface area contributed by atoms with Crippen LogP contribution in [0, 0.1) is 0 Å². The number of nitrogens with one attached hydrogen (secondary N) is 1. The molecule has 1 aromatic heterocycles. The van der Waals surface area contributed by atoms with Gasteiger partial charge in [0.1, 0.15) is 9.75 Å². The predicted molar refractivity (Wildman–Crippen MR) is 152 cm³/mol. The van der Waals surface area contributed by atoms with E-state index >= 15 is 0 Å². The molecule has 8 nitrogen and oxygen atoms in total. The van der Waals surface area contributed by atoms with Gasteiger partial charge in [-0.05, 0) is 60.8 Å². The van der Waals surface area contributed by atoms with Crippen LogP contribution in [0.3, 0.4) is 0 Å². The fourth-order valence-electron chi connectivity index (χ4n) is 5.01. The summed E-state index contributed by atoms with van der Waals surface area (Å²) in [5.41, 5.74) is 0.885. The lowest BCUT2D eigenvalue weighted by Gasteiger charge is -2.32. The van der Waals surface area contributed by atoms with Gasteiger partial charge in [0.2, 0.25) is 5.91 Å². The van der Waals surface area contributed by atoms with Crippen LogP contribution in [0.1, 0.15) is 29.9 Å². The Morgan fingerprint density at radius 1 is 1.08 bits per heavy atom. The maximum absolute atomic E-state index is 13.3. The van der Waals surface area contributed by atoms with Gasteiger partial charge in [-0.25, -0.2) is 8.42 Å². The van der Waals surface area contributed by atoms with E-state index in [4.69, 9.17) is 11.6 Å². The minimum Gasteiger partial charge on any atom is -0.480 e. The van der Waals surface area contributed by atoms with Gasteiger partial charge in [0.15, 0.2) is 0 Å². The second kappa shape index (κ2) is 11.0. The van der Waals surface area contributed by atoms with Crippen molar-refractivity contribution in [3.05, 3.63) is 76.8 Å². The molecule has 0 radical (unpaired) electrons. The first-order valence-corrected chi connectivity index (χ1v) is 15.4. The maximum Gasteiger partial charge on any atom is 0.325 e. The summed E-state index contributed by atoms with van der Waals surface area (Å²) < 4.78 is 29.1. The SMILES string of the molecule is CN1CCN(C(=O)CCc2cccc([C@@H]3C[C@]3(NS(=O)(=O)c3ccc(-c4ccc(Cl)cc4)s3)C(=O)O)c2)CC1. The smallest absolute Gasteiger partial charge is 0.325 e. The van der Waals surface area contributed by atoms with Crippen LogP contribution in [-0.2, 0) is 26.0 Å². The molecule has 11 heteroatoms. The molecule has 1 aliphatic heterocycles. The monoisotopic (exact) mass is 587 g/mol. The number of carbonyl (C=O) groups is 2. The van der Waals surface area contributed by atoms with Gasteiger partial charge < -0.3 is 14.9 Å². The number of nitrogens with zero attached hydrogens (tertiary/aromatic N) is 2. The minimum absolute atomic E-state index is 0.0508. The molecule has 2 aliphatic rings. The van der Waals surface area contributed by atoms with Crippen molar-refractivity contribution < 1.29 is 23.1 Å². The molecule has 5 rings (SSSR count). The molecule has 0 unspecified atom stereocenters. The number of rotatable bonds is 9. The summed E-state index contributed by atoms with van der Waals surface area (Å²) in [5, 5.41) is 10.7. The fraction of sp³-hybridized carbons (Fsp3) is 0.357. The molecule has 0 bridgehead atoms. The van der Waals surface area contributed by atoms with E-state index in [9.17, 15) is 23.1 Å². The number of aliphatic carboxylic acids is 1. The Kier molecular flexibility index (Phi) is 7.85. The molecule has 0 spiro atoms. The highest BCUT2D eigenvalue weighted by Crippen LogP contribution is 2.53. The van der Waals surface area contributed by atoms with Crippen LogP contribution in [-0.4, -0.2) is 74.0 Å². The van der Waals surface area contributed by atoms with Gasteiger partial charge in [-0.3, -0.25) is 9.59 Å². The molecular formula is C28H30ClN3O5S2. The summed E-state index contributed by atoms with van der Waals surface area (Å²) in [6.07, 6.45) is 1.07. The molecule has 2 atom stereocenters. The van der Waals surface area contributed by atoms with Crippen LogP contribution in [0.15, 0.2) is 64.9 Å². The molecule has 2 N–H and O–H groups in total. The average Bonchev–Trinajstić information content (AvgIpc) is 3.41. The summed E-state index contributed by atoms with van der Waals surface area (Å²) in [4.78, 5) is 29.8. The molecule has 1 saturated heterocycles. The van der Waals surface area contributed by atoms with E-state index < -0.39 is 27.4 Å². The Balaban J connectivity index is 1.27. The van der Waals surface area contributed by atoms with Gasteiger partial charge in [-0.1, -0.05) is 48.0 Å². The van der Waals surface area contributed by atoms with Crippen LogP contribution in [0.4, 0.5) is 0 Å². The number of aryl methyl sites for hydroxylation is 1. The second-order valence-corrected chi connectivity index (χ2v) is 13.6. The zero-order valence-corrected chi connectivity index (χ0v) is 23.9. The topological polar surface area (TPSA) is 107 Å². The molecule has 1 aliphatic carbocycles. The van der Waals surface area contributed by atoms with Gasteiger partial charge in [-0.15, -0.1) is 11.3 Å². The molecule has 2 heterocycles. The van der Waals surface area contributed by atoms with Crippen LogP contribution in [0.5, 0.6) is 0 Å². The zero-order valence-electron chi connectivity index (χ0n) is 21.5. The Labute approximate surface area is 237 Å². The number of carbonyl (C=O) groups excluding carboxylic acids is 1. The molecular weight excluding hydrogens is 558 g/mol. The third kappa shape index (κ3) is 6.05. The van der Waals surface area contributed by atoms with E-state index in [1.165, 1.54) is 6.07 Å². The van der Waals surface area contributed by atoms with E-state index in [0.717, 1.165) is 59.1 Å². The Hall–Kier alpha value is -2.76. The molecule has 2 fully saturated rings. The molecule has 1 saturated carbocycles. The highest BCUT2D eigenvalue weighted by molar-refractivity contribution is 7.91. The number of hydrogen-bond donors (Lipinski definition) is 2. The van der Waals surface area contributed by atoms with Crippen LogP contribution >= 0.6 is 22.9 Å². The Morgan fingerprint density at radius 3 is 2.49 bits per heavy atom. The fourth-order valence-corrected chi connectivity index (χ4v) is 7.86. The number of carboxylic acid groups (broad SMARTS) is 1. The van der Waals surface area contributed by atoms with E-state index in [1.807, 2.05) is 36.2 Å². The summed E-state index contributed by atoms with van der Waals surface area (Å²) in [6, 6.07) is 17.7. The van der Waals surface area contributed by atoms with Crippen molar-refractivity contribution in [2.24, 2.45) is 0 Å². The maximum atomic E-state index is 13.3. The minimum atomic E-state index is -4.08. The first-order chi connectivity index (χ1) is 18.6. The van der Waals surface area contributed by atoms with E-state index in [0.29, 0.717) is 17.9 Å². The van der Waals surface area contributed by atoms with Crippen LogP contribution < -0.4 is 4.72 Å². The summed E-state index contributed by atoms with van der Waals surface area (Å²) in [6.45, 7) is 3.18. The van der Waals surface area contributed by atoms with Gasteiger partial charge in [0, 0.05) is 48.4 Å². The number of sulfonamides is 1. The van der Waals surface area contributed by atoms with Crippen LogP contribution in [0.2, 0.25) is 5.02 Å². The van der Waals surface area contributed by atoms with Crippen molar-refractivity contribution in [1.29, 1.82) is 0 Å². The molecule has 206 valence electrons. The largest absolute Gasteiger partial charge is 0.480 e. The Bertz CT molecular complexity index is 1480. The lowest BCUT2D eigenvalue weighted by molar-refractivity contribution is -0.140.